The van der Waals surface area contributed by atoms with Crippen LogP contribution in [0.5, 0.6) is 0 Å². The molecule has 2 saturated carbocycles. The van der Waals surface area contributed by atoms with Crippen molar-refractivity contribution in [3.8, 4) is 0 Å². The number of hydrogen-bond acceptors (Lipinski definition) is 3. The molecule has 1 aliphatic heterocycles. The summed E-state index contributed by atoms with van der Waals surface area (Å²) in [6.45, 7) is 0. The van der Waals surface area contributed by atoms with Crippen LogP contribution in [-0.2, 0) is 9.59 Å². The lowest BCUT2D eigenvalue weighted by molar-refractivity contribution is -0.139. The minimum absolute atomic E-state index is 0.259. The molecule has 2 aliphatic carbocycles. The fraction of sp³-hybridized carbons (Fsp3) is 0.800. The molecule has 21 heavy (non-hydrogen) atoms. The van der Waals surface area contributed by atoms with Gasteiger partial charge in [0, 0.05) is 5.92 Å². The largest absolute Gasteiger partial charge is 0.481 e. The Kier molecular flexibility index (Phi) is 3.63. The lowest BCUT2D eigenvalue weighted by atomic mass is 9.79. The highest BCUT2D eigenvalue weighted by Gasteiger charge is 2.62. The highest BCUT2D eigenvalue weighted by Crippen LogP contribution is 2.50. The molecule has 0 radical (unpaired) electrons. The number of nitrogens with one attached hydrogen (secondary N) is 2. The first kappa shape index (κ1) is 14.4. The van der Waals surface area contributed by atoms with Gasteiger partial charge in [-0.05, 0) is 25.2 Å². The zero-order valence-corrected chi connectivity index (χ0v) is 12.1. The third kappa shape index (κ3) is 2.63. The van der Waals surface area contributed by atoms with Crippen LogP contribution in [0.3, 0.4) is 0 Å². The summed E-state index contributed by atoms with van der Waals surface area (Å²) < 4.78 is 0. The van der Waals surface area contributed by atoms with Crippen LogP contribution in [0.15, 0.2) is 0 Å². The van der Waals surface area contributed by atoms with Gasteiger partial charge in [0.25, 0.3) is 5.91 Å². The van der Waals surface area contributed by atoms with E-state index in [0.29, 0.717) is 18.8 Å². The van der Waals surface area contributed by atoms with Crippen LogP contribution in [0.1, 0.15) is 51.4 Å². The highest BCUT2D eigenvalue weighted by molar-refractivity contribution is 6.07. The van der Waals surface area contributed by atoms with E-state index in [4.69, 9.17) is 5.11 Å². The number of carboxylic acids is 1. The Hall–Kier alpha value is -1.59. The first-order chi connectivity index (χ1) is 10.0. The number of amides is 3. The second kappa shape index (κ2) is 5.31. The summed E-state index contributed by atoms with van der Waals surface area (Å²) in [5.74, 6) is -1.36. The van der Waals surface area contributed by atoms with Crippen molar-refractivity contribution >= 4 is 17.9 Å². The summed E-state index contributed by atoms with van der Waals surface area (Å²) in [6.07, 6.45) is 8.03. The second-order valence-corrected chi connectivity index (χ2v) is 6.71. The van der Waals surface area contributed by atoms with Gasteiger partial charge in [0.1, 0.15) is 5.54 Å². The predicted octanol–water partition coefficient (Wildman–Crippen LogP) is 1.65. The van der Waals surface area contributed by atoms with E-state index in [-0.39, 0.29) is 11.8 Å². The maximum Gasteiger partial charge on any atom is 0.322 e. The van der Waals surface area contributed by atoms with Crippen molar-refractivity contribution < 1.29 is 19.5 Å². The standard InChI is InChI=1S/C15H22N2O4/c18-12(19)10-8-11(10)15(13(20)16-14(21)17-15)7-6-9-4-2-1-3-5-9/h9-11H,1-8H2,(H,18,19)(H2,16,17,20,21). The average molecular weight is 294 g/mol. The van der Waals surface area contributed by atoms with Gasteiger partial charge in [-0.15, -0.1) is 0 Å². The Labute approximate surface area is 123 Å². The van der Waals surface area contributed by atoms with E-state index >= 15 is 0 Å². The summed E-state index contributed by atoms with van der Waals surface area (Å²) in [6, 6.07) is -0.486. The molecule has 0 bridgehead atoms. The first-order valence-electron chi connectivity index (χ1n) is 7.89. The third-order valence-corrected chi connectivity index (χ3v) is 5.38. The smallest absolute Gasteiger partial charge is 0.322 e. The Morgan fingerprint density at radius 2 is 1.95 bits per heavy atom. The molecule has 116 valence electrons. The molecule has 0 aromatic rings. The van der Waals surface area contributed by atoms with Gasteiger partial charge in [-0.25, -0.2) is 4.79 Å². The molecule has 0 aromatic carbocycles. The second-order valence-electron chi connectivity index (χ2n) is 6.71. The van der Waals surface area contributed by atoms with Crippen LogP contribution in [0.25, 0.3) is 0 Å². The average Bonchev–Trinajstić information content (AvgIpc) is 3.20. The van der Waals surface area contributed by atoms with Crippen molar-refractivity contribution in [1.29, 1.82) is 0 Å². The topological polar surface area (TPSA) is 95.5 Å². The summed E-state index contributed by atoms with van der Waals surface area (Å²) in [4.78, 5) is 34.9. The molecule has 3 fully saturated rings. The Balaban J connectivity index is 1.69. The lowest BCUT2D eigenvalue weighted by Crippen LogP contribution is -2.50. The zero-order chi connectivity index (χ0) is 15.0. The number of rotatable bonds is 5. The zero-order valence-electron chi connectivity index (χ0n) is 12.1. The van der Waals surface area contributed by atoms with Gasteiger partial charge >= 0.3 is 12.0 Å². The Morgan fingerprint density at radius 1 is 1.24 bits per heavy atom. The van der Waals surface area contributed by atoms with Crippen molar-refractivity contribution in [2.75, 3.05) is 0 Å². The van der Waals surface area contributed by atoms with Crippen LogP contribution in [0.4, 0.5) is 4.79 Å². The summed E-state index contributed by atoms with van der Waals surface area (Å²) >= 11 is 0. The number of carbonyl (C=O) groups is 3. The number of carboxylic acid groups (broad SMARTS) is 1. The number of urea groups is 1. The van der Waals surface area contributed by atoms with Crippen molar-refractivity contribution in [1.82, 2.24) is 10.6 Å². The molecule has 3 N–H and O–H groups in total. The summed E-state index contributed by atoms with van der Waals surface area (Å²) in [7, 11) is 0. The molecule has 1 saturated heterocycles. The Bertz CT molecular complexity index is 472. The quantitative estimate of drug-likeness (QED) is 0.672. The maximum absolute atomic E-state index is 12.2. The van der Waals surface area contributed by atoms with E-state index in [0.717, 1.165) is 6.42 Å². The van der Waals surface area contributed by atoms with Gasteiger partial charge in [-0.2, -0.15) is 0 Å². The van der Waals surface area contributed by atoms with Crippen molar-refractivity contribution in [3.63, 3.8) is 0 Å². The third-order valence-electron chi connectivity index (χ3n) is 5.38. The van der Waals surface area contributed by atoms with Crippen LogP contribution in [0, 0.1) is 17.8 Å². The SMILES string of the molecule is O=C1NC(=O)C(CCC2CCCCC2)(C2CC2C(=O)O)N1. The number of hydrogen-bond donors (Lipinski definition) is 3. The van der Waals surface area contributed by atoms with Gasteiger partial charge in [-0.3, -0.25) is 14.9 Å². The summed E-state index contributed by atoms with van der Waals surface area (Å²) in [5.41, 5.74) is -0.989. The molecule has 3 amide bonds. The molecule has 3 atom stereocenters. The molecule has 6 nitrogen and oxygen atoms in total. The van der Waals surface area contributed by atoms with E-state index in [1.807, 2.05) is 0 Å². The number of imide groups is 1. The fourth-order valence-corrected chi connectivity index (χ4v) is 4.05. The van der Waals surface area contributed by atoms with Crippen LogP contribution in [-0.4, -0.2) is 28.6 Å². The van der Waals surface area contributed by atoms with E-state index in [2.05, 4.69) is 10.6 Å². The monoisotopic (exact) mass is 294 g/mol. The molecular weight excluding hydrogens is 272 g/mol. The van der Waals surface area contributed by atoms with Crippen molar-refractivity contribution in [2.45, 2.75) is 56.9 Å². The maximum atomic E-state index is 12.2. The normalized spacial score (nSPS) is 36.2. The molecular formula is C15H22N2O4. The van der Waals surface area contributed by atoms with E-state index in [9.17, 15) is 14.4 Å². The predicted molar refractivity (Wildman–Crippen MR) is 74.4 cm³/mol. The van der Waals surface area contributed by atoms with Gasteiger partial charge in [0.2, 0.25) is 0 Å². The molecule has 3 rings (SSSR count). The fourth-order valence-electron chi connectivity index (χ4n) is 4.05. The van der Waals surface area contributed by atoms with E-state index in [1.165, 1.54) is 32.1 Å². The molecule has 6 heteroatoms. The first-order valence-corrected chi connectivity index (χ1v) is 7.89. The lowest BCUT2D eigenvalue weighted by Gasteiger charge is -2.29. The molecule has 3 unspecified atom stereocenters. The summed E-state index contributed by atoms with van der Waals surface area (Å²) in [5, 5.41) is 14.2. The van der Waals surface area contributed by atoms with Gasteiger partial charge < -0.3 is 10.4 Å². The van der Waals surface area contributed by atoms with Gasteiger partial charge in [-0.1, -0.05) is 32.1 Å². The minimum Gasteiger partial charge on any atom is -0.481 e. The van der Waals surface area contributed by atoms with Gasteiger partial charge in [0.05, 0.1) is 5.92 Å². The Morgan fingerprint density at radius 3 is 2.48 bits per heavy atom. The van der Waals surface area contributed by atoms with Crippen LogP contribution in [0.2, 0.25) is 0 Å². The highest BCUT2D eigenvalue weighted by atomic mass is 16.4. The number of carbonyl (C=O) groups excluding carboxylic acids is 2. The van der Waals surface area contributed by atoms with Gasteiger partial charge in [0.15, 0.2) is 0 Å². The molecule has 3 aliphatic rings. The van der Waals surface area contributed by atoms with Crippen molar-refractivity contribution in [3.05, 3.63) is 0 Å². The van der Waals surface area contributed by atoms with Crippen molar-refractivity contribution in [2.24, 2.45) is 17.8 Å². The molecule has 0 aromatic heterocycles. The van der Waals surface area contributed by atoms with E-state index in [1.54, 1.807) is 0 Å². The molecule has 1 heterocycles. The van der Waals surface area contributed by atoms with Crippen LogP contribution < -0.4 is 10.6 Å². The number of aliphatic carboxylic acids is 1. The van der Waals surface area contributed by atoms with Crippen LogP contribution >= 0.6 is 0 Å². The van der Waals surface area contributed by atoms with E-state index < -0.39 is 23.5 Å². The molecule has 0 spiro atoms. The minimum atomic E-state index is -0.989.